The van der Waals surface area contributed by atoms with Crippen LogP contribution in [0.3, 0.4) is 0 Å². The third kappa shape index (κ3) is 4.20. The molecule has 0 aromatic heterocycles. The van der Waals surface area contributed by atoms with Gasteiger partial charge < -0.3 is 5.11 Å². The number of thioether (sulfide) groups is 1. The molecule has 0 amide bonds. The molecule has 1 unspecified atom stereocenters. The van der Waals surface area contributed by atoms with E-state index in [-0.39, 0.29) is 17.3 Å². The van der Waals surface area contributed by atoms with E-state index in [0.717, 1.165) is 4.90 Å². The van der Waals surface area contributed by atoms with Crippen molar-refractivity contribution in [2.75, 3.05) is 5.75 Å². The summed E-state index contributed by atoms with van der Waals surface area (Å²) in [5.74, 6) is -0.345. The summed E-state index contributed by atoms with van der Waals surface area (Å²) in [6.45, 7) is 0. The third-order valence-corrected chi connectivity index (χ3v) is 4.32. The van der Waals surface area contributed by atoms with Crippen LogP contribution < -0.4 is 0 Å². The zero-order chi connectivity index (χ0) is 14.5. The molecular formula is C15H13ClF2OS. The fourth-order valence-corrected chi connectivity index (χ4v) is 2.78. The van der Waals surface area contributed by atoms with Gasteiger partial charge in [0, 0.05) is 17.1 Å². The molecule has 0 radical (unpaired) electrons. The molecule has 1 N–H and O–H groups in total. The quantitative estimate of drug-likeness (QED) is 0.830. The minimum absolute atomic E-state index is 0.0540. The van der Waals surface area contributed by atoms with E-state index in [9.17, 15) is 13.9 Å². The van der Waals surface area contributed by atoms with Crippen molar-refractivity contribution in [2.24, 2.45) is 0 Å². The smallest absolute Gasteiger partial charge is 0.142 e. The lowest BCUT2D eigenvalue weighted by molar-refractivity contribution is 0.200. The maximum absolute atomic E-state index is 13.3. The predicted molar refractivity (Wildman–Crippen MR) is 78.2 cm³/mol. The van der Waals surface area contributed by atoms with Gasteiger partial charge in [-0.15, -0.1) is 11.8 Å². The first-order chi connectivity index (χ1) is 9.56. The highest BCUT2D eigenvalue weighted by atomic mass is 35.5. The SMILES string of the molecule is OC(CSc1ccc(F)cc1)Cc1cccc(F)c1Cl. The van der Waals surface area contributed by atoms with Crippen LogP contribution in [-0.2, 0) is 6.42 Å². The van der Waals surface area contributed by atoms with Gasteiger partial charge in [-0.2, -0.15) is 0 Å². The molecule has 2 aromatic rings. The first kappa shape index (κ1) is 15.3. The fourth-order valence-electron chi connectivity index (χ4n) is 1.74. The summed E-state index contributed by atoms with van der Waals surface area (Å²) in [4.78, 5) is 0.871. The fraction of sp³-hybridized carbons (Fsp3) is 0.200. The molecule has 0 aliphatic heterocycles. The zero-order valence-electron chi connectivity index (χ0n) is 10.5. The van der Waals surface area contributed by atoms with Crippen molar-refractivity contribution in [3.63, 3.8) is 0 Å². The van der Waals surface area contributed by atoms with Crippen LogP contribution in [0.5, 0.6) is 0 Å². The molecule has 0 spiro atoms. The number of halogens is 3. The average molecular weight is 315 g/mol. The lowest BCUT2D eigenvalue weighted by Gasteiger charge is -2.11. The molecular weight excluding hydrogens is 302 g/mol. The molecule has 0 saturated heterocycles. The maximum Gasteiger partial charge on any atom is 0.142 e. The summed E-state index contributed by atoms with van der Waals surface area (Å²) in [6, 6.07) is 10.6. The van der Waals surface area contributed by atoms with Crippen LogP contribution in [0.1, 0.15) is 5.56 Å². The van der Waals surface area contributed by atoms with Gasteiger partial charge in [0.05, 0.1) is 11.1 Å². The minimum atomic E-state index is -0.649. The molecule has 2 aromatic carbocycles. The third-order valence-electron chi connectivity index (χ3n) is 2.74. The van der Waals surface area contributed by atoms with E-state index >= 15 is 0 Å². The van der Waals surface area contributed by atoms with Crippen LogP contribution in [0.4, 0.5) is 8.78 Å². The van der Waals surface area contributed by atoms with Gasteiger partial charge in [-0.05, 0) is 35.9 Å². The molecule has 106 valence electrons. The molecule has 1 nitrogen and oxygen atoms in total. The van der Waals surface area contributed by atoms with E-state index in [0.29, 0.717) is 11.3 Å². The second kappa shape index (κ2) is 7.07. The predicted octanol–water partition coefficient (Wildman–Crippen LogP) is 4.31. The Balaban J connectivity index is 1.91. The molecule has 20 heavy (non-hydrogen) atoms. The Morgan fingerprint density at radius 1 is 1.10 bits per heavy atom. The van der Waals surface area contributed by atoms with E-state index < -0.39 is 11.9 Å². The van der Waals surface area contributed by atoms with Crippen LogP contribution in [0.2, 0.25) is 5.02 Å². The van der Waals surface area contributed by atoms with Crippen molar-refractivity contribution in [1.29, 1.82) is 0 Å². The van der Waals surface area contributed by atoms with Gasteiger partial charge in [0.25, 0.3) is 0 Å². The van der Waals surface area contributed by atoms with Crippen LogP contribution in [0.15, 0.2) is 47.4 Å². The van der Waals surface area contributed by atoms with Gasteiger partial charge in [0.15, 0.2) is 0 Å². The Hall–Kier alpha value is -1.10. The van der Waals surface area contributed by atoms with Crippen LogP contribution in [-0.4, -0.2) is 17.0 Å². The largest absolute Gasteiger partial charge is 0.392 e. The van der Waals surface area contributed by atoms with E-state index in [2.05, 4.69) is 0 Å². The second-order valence-electron chi connectivity index (χ2n) is 4.34. The van der Waals surface area contributed by atoms with Crippen molar-refractivity contribution < 1.29 is 13.9 Å². The molecule has 0 fully saturated rings. The van der Waals surface area contributed by atoms with Gasteiger partial charge >= 0.3 is 0 Å². The standard InChI is InChI=1S/C15H13ClF2OS/c16-15-10(2-1-3-14(15)18)8-12(19)9-20-13-6-4-11(17)5-7-13/h1-7,12,19H,8-9H2. The lowest BCUT2D eigenvalue weighted by atomic mass is 10.1. The van der Waals surface area contributed by atoms with Crippen LogP contribution in [0, 0.1) is 11.6 Å². The number of hydrogen-bond acceptors (Lipinski definition) is 2. The molecule has 0 heterocycles. The van der Waals surface area contributed by atoms with Crippen molar-refractivity contribution >= 4 is 23.4 Å². The Morgan fingerprint density at radius 2 is 1.80 bits per heavy atom. The number of benzene rings is 2. The van der Waals surface area contributed by atoms with Gasteiger partial charge in [0.1, 0.15) is 11.6 Å². The molecule has 5 heteroatoms. The van der Waals surface area contributed by atoms with Gasteiger partial charge in [-0.3, -0.25) is 0 Å². The molecule has 0 saturated carbocycles. The Kier molecular flexibility index (Phi) is 5.40. The highest BCUT2D eigenvalue weighted by molar-refractivity contribution is 7.99. The zero-order valence-corrected chi connectivity index (χ0v) is 12.1. The van der Waals surface area contributed by atoms with Gasteiger partial charge in [-0.1, -0.05) is 23.7 Å². The normalized spacial score (nSPS) is 12.4. The summed E-state index contributed by atoms with van der Waals surface area (Å²) in [5.41, 5.74) is 0.582. The van der Waals surface area contributed by atoms with Gasteiger partial charge in [0.2, 0.25) is 0 Å². The first-order valence-electron chi connectivity index (χ1n) is 6.05. The van der Waals surface area contributed by atoms with Crippen molar-refractivity contribution in [3.8, 4) is 0 Å². The van der Waals surface area contributed by atoms with Crippen LogP contribution in [0.25, 0.3) is 0 Å². The highest BCUT2D eigenvalue weighted by Crippen LogP contribution is 2.24. The summed E-state index contributed by atoms with van der Waals surface area (Å²) in [5, 5.41) is 10.0. The molecule has 2 rings (SSSR count). The topological polar surface area (TPSA) is 20.2 Å². The van der Waals surface area contributed by atoms with E-state index in [1.807, 2.05) is 0 Å². The number of rotatable bonds is 5. The van der Waals surface area contributed by atoms with Crippen molar-refractivity contribution in [3.05, 3.63) is 64.7 Å². The average Bonchev–Trinajstić information content (AvgIpc) is 2.43. The maximum atomic E-state index is 13.3. The van der Waals surface area contributed by atoms with E-state index in [1.165, 1.54) is 30.0 Å². The van der Waals surface area contributed by atoms with Crippen molar-refractivity contribution in [1.82, 2.24) is 0 Å². The Labute approximate surface area is 125 Å². The molecule has 0 aliphatic rings. The van der Waals surface area contributed by atoms with Crippen LogP contribution >= 0.6 is 23.4 Å². The number of aliphatic hydroxyl groups is 1. The minimum Gasteiger partial charge on any atom is -0.392 e. The highest BCUT2D eigenvalue weighted by Gasteiger charge is 2.11. The number of hydrogen-bond donors (Lipinski definition) is 1. The summed E-state index contributed by atoms with van der Waals surface area (Å²) in [7, 11) is 0. The Morgan fingerprint density at radius 3 is 2.50 bits per heavy atom. The second-order valence-corrected chi connectivity index (χ2v) is 5.81. The summed E-state index contributed by atoms with van der Waals surface area (Å²) >= 11 is 7.25. The van der Waals surface area contributed by atoms with Gasteiger partial charge in [-0.25, -0.2) is 8.78 Å². The number of aliphatic hydroxyl groups excluding tert-OH is 1. The molecule has 0 aliphatic carbocycles. The lowest BCUT2D eigenvalue weighted by Crippen LogP contribution is -2.14. The Bertz CT molecular complexity index is 575. The first-order valence-corrected chi connectivity index (χ1v) is 7.42. The summed E-state index contributed by atoms with van der Waals surface area (Å²) < 4.78 is 26.0. The van der Waals surface area contributed by atoms with Crippen molar-refractivity contribution in [2.45, 2.75) is 17.4 Å². The van der Waals surface area contributed by atoms with E-state index in [1.54, 1.807) is 24.3 Å². The molecule has 0 bridgehead atoms. The van der Waals surface area contributed by atoms with E-state index in [4.69, 9.17) is 11.6 Å². The monoisotopic (exact) mass is 314 g/mol. The molecule has 1 atom stereocenters. The summed E-state index contributed by atoms with van der Waals surface area (Å²) in [6.07, 6.45) is -0.366.